The zero-order valence-electron chi connectivity index (χ0n) is 13.2. The number of aryl methyl sites for hydroxylation is 1. The number of amides is 2. The van der Waals surface area contributed by atoms with Crippen LogP contribution < -0.4 is 0 Å². The van der Waals surface area contributed by atoms with Crippen molar-refractivity contribution >= 4 is 11.8 Å². The van der Waals surface area contributed by atoms with Crippen LogP contribution in [0.2, 0.25) is 0 Å². The molecule has 5 nitrogen and oxygen atoms in total. The normalized spacial score (nSPS) is 16.2. The second-order valence-electron chi connectivity index (χ2n) is 6.08. The number of carbonyl (C=O) groups is 2. The summed E-state index contributed by atoms with van der Waals surface area (Å²) in [6.07, 6.45) is 5.23. The van der Waals surface area contributed by atoms with Gasteiger partial charge in [0, 0.05) is 51.5 Å². The molecule has 0 unspecified atom stereocenters. The lowest BCUT2D eigenvalue weighted by Gasteiger charge is -2.23. The fraction of sp³-hybridized carbons (Fsp3) is 0.625. The molecule has 0 aromatic carbocycles. The summed E-state index contributed by atoms with van der Waals surface area (Å²) in [5.41, 5.74) is 1.04. The van der Waals surface area contributed by atoms with Gasteiger partial charge in [0.05, 0.1) is 6.42 Å². The molecule has 0 spiro atoms. The van der Waals surface area contributed by atoms with Crippen LogP contribution in [0.15, 0.2) is 18.5 Å². The quantitative estimate of drug-likeness (QED) is 0.842. The van der Waals surface area contributed by atoms with Crippen molar-refractivity contribution < 1.29 is 9.59 Å². The van der Waals surface area contributed by atoms with E-state index >= 15 is 0 Å². The highest BCUT2D eigenvalue weighted by molar-refractivity contribution is 5.80. The summed E-state index contributed by atoms with van der Waals surface area (Å²) in [6, 6.07) is 1.98. The highest BCUT2D eigenvalue weighted by Gasteiger charge is 2.23. The molecule has 0 bridgehead atoms. The Morgan fingerprint density at radius 2 is 1.81 bits per heavy atom. The first-order chi connectivity index (χ1) is 9.97. The average molecular weight is 291 g/mol. The van der Waals surface area contributed by atoms with Gasteiger partial charge in [-0.15, -0.1) is 0 Å². The van der Waals surface area contributed by atoms with Gasteiger partial charge in [0.2, 0.25) is 11.8 Å². The molecule has 0 saturated carbocycles. The highest BCUT2D eigenvalue weighted by atomic mass is 16.2. The van der Waals surface area contributed by atoms with Crippen molar-refractivity contribution in [3.8, 4) is 0 Å². The van der Waals surface area contributed by atoms with E-state index in [1.54, 1.807) is 0 Å². The van der Waals surface area contributed by atoms with Crippen molar-refractivity contribution in [3.63, 3.8) is 0 Å². The Bertz CT molecular complexity index is 507. The Kier molecular flexibility index (Phi) is 5.04. The van der Waals surface area contributed by atoms with Crippen LogP contribution >= 0.6 is 0 Å². The third kappa shape index (κ3) is 4.09. The maximum Gasteiger partial charge on any atom is 0.227 e. The average Bonchev–Trinajstić information content (AvgIpc) is 2.71. The molecule has 1 aromatic heterocycles. The number of hydrogen-bond donors (Lipinski definition) is 0. The number of aromatic nitrogens is 1. The molecule has 2 rings (SSSR count). The van der Waals surface area contributed by atoms with Crippen molar-refractivity contribution in [3.05, 3.63) is 24.0 Å². The van der Waals surface area contributed by atoms with Crippen molar-refractivity contribution in [1.82, 2.24) is 14.4 Å². The number of nitrogens with zero attached hydrogens (tertiary/aromatic N) is 3. The number of hydrogen-bond acceptors (Lipinski definition) is 2. The maximum absolute atomic E-state index is 12.4. The largest absolute Gasteiger partial charge is 0.357 e. The lowest BCUT2D eigenvalue weighted by atomic mass is 10.2. The minimum absolute atomic E-state index is 0.0246. The van der Waals surface area contributed by atoms with Crippen LogP contribution in [0.4, 0.5) is 0 Å². The molecule has 0 atom stereocenters. The summed E-state index contributed by atoms with van der Waals surface area (Å²) < 4.78 is 1.95. The van der Waals surface area contributed by atoms with Crippen LogP contribution in [0.3, 0.4) is 0 Å². The van der Waals surface area contributed by atoms with Crippen LogP contribution in [0.1, 0.15) is 25.8 Å². The van der Waals surface area contributed by atoms with Gasteiger partial charge in [0.25, 0.3) is 0 Å². The molecule has 1 aromatic rings. The Morgan fingerprint density at radius 3 is 2.43 bits per heavy atom. The molecular weight excluding hydrogens is 266 g/mol. The number of carbonyl (C=O) groups excluding carboxylic acids is 2. The lowest BCUT2D eigenvalue weighted by molar-refractivity contribution is -0.135. The predicted octanol–water partition coefficient (Wildman–Crippen LogP) is 1.28. The summed E-state index contributed by atoms with van der Waals surface area (Å²) in [5, 5.41) is 0. The van der Waals surface area contributed by atoms with Crippen LogP contribution in [0.5, 0.6) is 0 Å². The Balaban J connectivity index is 1.90. The standard InChI is InChI=1S/C16H25N3O2/c1-13(2)16(21)19-7-4-6-18(9-10-19)15(20)11-14-5-8-17(3)12-14/h5,8,12-13H,4,6-7,9-11H2,1-3H3. The van der Waals surface area contributed by atoms with E-state index < -0.39 is 0 Å². The van der Waals surface area contributed by atoms with E-state index in [0.717, 1.165) is 25.1 Å². The molecular formula is C16H25N3O2. The first kappa shape index (κ1) is 15.6. The molecule has 2 amide bonds. The molecule has 21 heavy (non-hydrogen) atoms. The van der Waals surface area contributed by atoms with Crippen molar-refractivity contribution in [2.45, 2.75) is 26.7 Å². The van der Waals surface area contributed by atoms with Gasteiger partial charge in [-0.25, -0.2) is 0 Å². The van der Waals surface area contributed by atoms with E-state index in [4.69, 9.17) is 0 Å². The van der Waals surface area contributed by atoms with Gasteiger partial charge in [-0.1, -0.05) is 13.8 Å². The highest BCUT2D eigenvalue weighted by Crippen LogP contribution is 2.10. The zero-order chi connectivity index (χ0) is 15.4. The molecule has 1 saturated heterocycles. The van der Waals surface area contributed by atoms with Gasteiger partial charge in [0.1, 0.15) is 0 Å². The number of rotatable bonds is 3. The first-order valence-electron chi connectivity index (χ1n) is 7.65. The molecule has 1 aliphatic rings. The van der Waals surface area contributed by atoms with Gasteiger partial charge in [-0.2, -0.15) is 0 Å². The lowest BCUT2D eigenvalue weighted by Crippen LogP contribution is -2.39. The van der Waals surface area contributed by atoms with E-state index in [-0.39, 0.29) is 17.7 Å². The van der Waals surface area contributed by atoms with Crippen molar-refractivity contribution in [2.24, 2.45) is 13.0 Å². The molecule has 1 fully saturated rings. The zero-order valence-corrected chi connectivity index (χ0v) is 13.2. The summed E-state index contributed by atoms with van der Waals surface area (Å²) in [5.74, 6) is 0.365. The predicted molar refractivity (Wildman–Crippen MR) is 81.7 cm³/mol. The Hall–Kier alpha value is -1.78. The van der Waals surface area contributed by atoms with E-state index in [1.807, 2.05) is 53.7 Å². The van der Waals surface area contributed by atoms with E-state index in [1.165, 1.54) is 0 Å². The molecule has 2 heterocycles. The fourth-order valence-corrected chi connectivity index (χ4v) is 2.70. The molecule has 0 radical (unpaired) electrons. The smallest absolute Gasteiger partial charge is 0.227 e. The van der Waals surface area contributed by atoms with Crippen LogP contribution in [-0.2, 0) is 23.1 Å². The molecule has 116 valence electrons. The molecule has 0 aliphatic carbocycles. The topological polar surface area (TPSA) is 45.6 Å². The van der Waals surface area contributed by atoms with Crippen LogP contribution in [0.25, 0.3) is 0 Å². The van der Waals surface area contributed by atoms with E-state index in [2.05, 4.69) is 0 Å². The maximum atomic E-state index is 12.4. The molecule has 0 N–H and O–H groups in total. The van der Waals surface area contributed by atoms with Crippen molar-refractivity contribution in [2.75, 3.05) is 26.2 Å². The van der Waals surface area contributed by atoms with Crippen molar-refractivity contribution in [1.29, 1.82) is 0 Å². The van der Waals surface area contributed by atoms with Crippen LogP contribution in [0, 0.1) is 5.92 Å². The third-order valence-electron chi connectivity index (χ3n) is 3.90. The van der Waals surface area contributed by atoms with E-state index in [9.17, 15) is 9.59 Å². The second kappa shape index (κ2) is 6.78. The Labute approximate surface area is 126 Å². The molecule has 1 aliphatic heterocycles. The van der Waals surface area contributed by atoms with Gasteiger partial charge in [-0.05, 0) is 18.1 Å². The minimum Gasteiger partial charge on any atom is -0.357 e. The summed E-state index contributed by atoms with van der Waals surface area (Å²) in [6.45, 7) is 6.64. The van der Waals surface area contributed by atoms with Gasteiger partial charge in [-0.3, -0.25) is 9.59 Å². The Morgan fingerprint density at radius 1 is 1.14 bits per heavy atom. The summed E-state index contributed by atoms with van der Waals surface area (Å²) in [7, 11) is 1.95. The first-order valence-corrected chi connectivity index (χ1v) is 7.65. The summed E-state index contributed by atoms with van der Waals surface area (Å²) in [4.78, 5) is 28.2. The van der Waals surface area contributed by atoms with Gasteiger partial charge >= 0.3 is 0 Å². The fourth-order valence-electron chi connectivity index (χ4n) is 2.70. The van der Waals surface area contributed by atoms with Gasteiger partial charge in [0.15, 0.2) is 0 Å². The minimum atomic E-state index is 0.0246. The molecule has 5 heteroatoms. The van der Waals surface area contributed by atoms with E-state index in [0.29, 0.717) is 19.5 Å². The second-order valence-corrected chi connectivity index (χ2v) is 6.08. The van der Waals surface area contributed by atoms with Gasteiger partial charge < -0.3 is 14.4 Å². The van der Waals surface area contributed by atoms with Crippen LogP contribution in [-0.4, -0.2) is 52.4 Å². The summed E-state index contributed by atoms with van der Waals surface area (Å²) >= 11 is 0. The SMILES string of the molecule is CC(C)C(=O)N1CCCN(C(=O)Cc2ccn(C)c2)CC1. The monoisotopic (exact) mass is 291 g/mol. The third-order valence-corrected chi connectivity index (χ3v) is 3.90.